The molecule has 112 valence electrons. The topological polar surface area (TPSA) is 102 Å². The first-order valence-electron chi connectivity index (χ1n) is 6.43. The van der Waals surface area contributed by atoms with Gasteiger partial charge >= 0.3 is 5.97 Å². The van der Waals surface area contributed by atoms with E-state index in [2.05, 4.69) is 15.5 Å². The number of hydrogen-bond donors (Lipinski definition) is 2. The van der Waals surface area contributed by atoms with Crippen LogP contribution < -0.4 is 5.32 Å². The van der Waals surface area contributed by atoms with Gasteiger partial charge in [0.1, 0.15) is 11.7 Å². The van der Waals surface area contributed by atoms with E-state index in [4.69, 9.17) is 5.11 Å². The van der Waals surface area contributed by atoms with Crippen molar-refractivity contribution in [3.63, 3.8) is 0 Å². The molecule has 21 heavy (non-hydrogen) atoms. The number of rotatable bonds is 5. The van der Waals surface area contributed by atoms with Crippen LogP contribution in [0.3, 0.4) is 0 Å². The smallest absolute Gasteiger partial charge is 0.328 e. The first-order chi connectivity index (χ1) is 9.88. The third-order valence-electron chi connectivity index (χ3n) is 3.15. The lowest BCUT2D eigenvalue weighted by Gasteiger charge is -2.05. The van der Waals surface area contributed by atoms with Crippen LogP contribution in [-0.4, -0.2) is 36.5 Å². The molecule has 0 aliphatic heterocycles. The second-order valence-corrected chi connectivity index (χ2v) is 4.79. The molecule has 0 aliphatic rings. The molecule has 2 heterocycles. The molecule has 8 nitrogen and oxygen atoms in total. The minimum absolute atomic E-state index is 0.185. The Morgan fingerprint density at radius 1 is 1.43 bits per heavy atom. The highest BCUT2D eigenvalue weighted by molar-refractivity contribution is 5.92. The number of carboxylic acids is 1. The van der Waals surface area contributed by atoms with Gasteiger partial charge in [0.15, 0.2) is 0 Å². The molecule has 2 N–H and O–H groups in total. The predicted molar refractivity (Wildman–Crippen MR) is 73.7 cm³/mol. The van der Waals surface area contributed by atoms with Crippen LogP contribution in [0, 0.1) is 6.92 Å². The van der Waals surface area contributed by atoms with Gasteiger partial charge in [-0.25, -0.2) is 4.79 Å². The summed E-state index contributed by atoms with van der Waals surface area (Å²) in [6.45, 7) is 3.71. The number of carbonyl (C=O) groups is 2. The van der Waals surface area contributed by atoms with Gasteiger partial charge in [-0.15, -0.1) is 0 Å². The van der Waals surface area contributed by atoms with Gasteiger partial charge in [-0.1, -0.05) is 0 Å². The Morgan fingerprint density at radius 3 is 2.71 bits per heavy atom. The zero-order chi connectivity index (χ0) is 15.6. The van der Waals surface area contributed by atoms with Crippen LogP contribution >= 0.6 is 0 Å². The molecule has 8 heteroatoms. The molecule has 0 bridgehead atoms. The van der Waals surface area contributed by atoms with Gasteiger partial charge in [0.05, 0.1) is 5.69 Å². The molecule has 1 unspecified atom stereocenters. The molecule has 1 atom stereocenters. The third kappa shape index (κ3) is 3.28. The highest BCUT2D eigenvalue weighted by Crippen LogP contribution is 2.07. The summed E-state index contributed by atoms with van der Waals surface area (Å²) in [6.07, 6.45) is 3.31. The van der Waals surface area contributed by atoms with Gasteiger partial charge in [-0.3, -0.25) is 14.2 Å². The van der Waals surface area contributed by atoms with Crippen molar-refractivity contribution in [3.05, 3.63) is 35.4 Å². The summed E-state index contributed by atoms with van der Waals surface area (Å²) in [5, 5.41) is 19.8. The van der Waals surface area contributed by atoms with Crippen molar-refractivity contribution in [2.45, 2.75) is 26.4 Å². The van der Waals surface area contributed by atoms with E-state index in [1.54, 1.807) is 4.68 Å². The standard InChI is InChI=1S/C13H17N5O3/c1-8-10(7-17(3)15-8)6-14-12(19)11-4-5-18(16-11)9(2)13(20)21/h4-5,7,9H,6H2,1-3H3,(H,14,19)(H,20,21). The molecule has 0 fully saturated rings. The van der Waals surface area contributed by atoms with Gasteiger partial charge in [0, 0.05) is 31.5 Å². The number of aliphatic carboxylic acids is 1. The van der Waals surface area contributed by atoms with E-state index in [1.807, 2.05) is 20.2 Å². The average Bonchev–Trinajstić information content (AvgIpc) is 3.02. The van der Waals surface area contributed by atoms with Crippen molar-refractivity contribution in [3.8, 4) is 0 Å². The predicted octanol–water partition coefficient (Wildman–Crippen LogP) is 0.501. The summed E-state index contributed by atoms with van der Waals surface area (Å²) in [4.78, 5) is 22.8. The minimum atomic E-state index is -1.00. The van der Waals surface area contributed by atoms with E-state index in [1.165, 1.54) is 23.9 Å². The van der Waals surface area contributed by atoms with Gasteiger partial charge in [-0.05, 0) is 19.9 Å². The maximum atomic E-state index is 12.0. The Labute approximate surface area is 121 Å². The highest BCUT2D eigenvalue weighted by atomic mass is 16.4. The molecule has 0 aliphatic carbocycles. The fourth-order valence-corrected chi connectivity index (χ4v) is 1.88. The highest BCUT2D eigenvalue weighted by Gasteiger charge is 2.17. The van der Waals surface area contributed by atoms with E-state index in [-0.39, 0.29) is 11.6 Å². The lowest BCUT2D eigenvalue weighted by Crippen LogP contribution is -2.24. The molecular formula is C13H17N5O3. The van der Waals surface area contributed by atoms with Gasteiger partial charge in [0.2, 0.25) is 0 Å². The molecule has 0 radical (unpaired) electrons. The number of aryl methyl sites for hydroxylation is 2. The quantitative estimate of drug-likeness (QED) is 0.835. The number of carbonyl (C=O) groups excluding carboxylic acids is 1. The fraction of sp³-hybridized carbons (Fsp3) is 0.385. The van der Waals surface area contributed by atoms with E-state index in [0.29, 0.717) is 6.54 Å². The fourth-order valence-electron chi connectivity index (χ4n) is 1.88. The molecule has 0 spiro atoms. The number of hydrogen-bond acceptors (Lipinski definition) is 4. The monoisotopic (exact) mass is 291 g/mol. The van der Waals surface area contributed by atoms with Crippen LogP contribution in [0.2, 0.25) is 0 Å². The minimum Gasteiger partial charge on any atom is -0.480 e. The number of aromatic nitrogens is 4. The summed E-state index contributed by atoms with van der Waals surface area (Å²) in [7, 11) is 1.81. The second-order valence-electron chi connectivity index (χ2n) is 4.79. The molecule has 0 aromatic carbocycles. The Bertz CT molecular complexity index is 673. The first-order valence-corrected chi connectivity index (χ1v) is 6.43. The van der Waals surface area contributed by atoms with Crippen molar-refractivity contribution >= 4 is 11.9 Å². The van der Waals surface area contributed by atoms with Crippen molar-refractivity contribution in [1.29, 1.82) is 0 Å². The van der Waals surface area contributed by atoms with Crippen molar-refractivity contribution in [2.24, 2.45) is 7.05 Å². The molecule has 0 saturated carbocycles. The van der Waals surface area contributed by atoms with Crippen LogP contribution in [0.4, 0.5) is 0 Å². The lowest BCUT2D eigenvalue weighted by atomic mass is 10.2. The van der Waals surface area contributed by atoms with Crippen LogP contribution in [0.15, 0.2) is 18.5 Å². The summed E-state index contributed by atoms with van der Waals surface area (Å²) < 4.78 is 2.92. The van der Waals surface area contributed by atoms with Crippen LogP contribution in [0.5, 0.6) is 0 Å². The van der Waals surface area contributed by atoms with Gasteiger partial charge < -0.3 is 10.4 Å². The van der Waals surface area contributed by atoms with Crippen molar-refractivity contribution in [2.75, 3.05) is 0 Å². The number of carboxylic acid groups (broad SMARTS) is 1. The Hall–Kier alpha value is -2.64. The zero-order valence-corrected chi connectivity index (χ0v) is 12.1. The zero-order valence-electron chi connectivity index (χ0n) is 12.1. The second kappa shape index (κ2) is 5.78. The lowest BCUT2D eigenvalue weighted by molar-refractivity contribution is -0.140. The number of nitrogens with one attached hydrogen (secondary N) is 1. The van der Waals surface area contributed by atoms with Crippen LogP contribution in [0.25, 0.3) is 0 Å². The first kappa shape index (κ1) is 14.8. The summed E-state index contributed by atoms with van der Waals surface area (Å²) in [6, 6.07) is 0.678. The summed E-state index contributed by atoms with van der Waals surface area (Å²) >= 11 is 0. The Balaban J connectivity index is 2.01. The largest absolute Gasteiger partial charge is 0.480 e. The molecule has 2 aromatic heterocycles. The molecule has 2 aromatic rings. The average molecular weight is 291 g/mol. The summed E-state index contributed by atoms with van der Waals surface area (Å²) in [5.41, 5.74) is 1.96. The molecule has 2 rings (SSSR count). The van der Waals surface area contributed by atoms with E-state index in [9.17, 15) is 9.59 Å². The van der Waals surface area contributed by atoms with Crippen molar-refractivity contribution in [1.82, 2.24) is 24.9 Å². The van der Waals surface area contributed by atoms with E-state index < -0.39 is 12.0 Å². The molecule has 0 saturated heterocycles. The third-order valence-corrected chi connectivity index (χ3v) is 3.15. The number of amides is 1. The van der Waals surface area contributed by atoms with E-state index >= 15 is 0 Å². The van der Waals surface area contributed by atoms with Crippen LogP contribution in [-0.2, 0) is 18.4 Å². The Kier molecular flexibility index (Phi) is 4.06. The Morgan fingerprint density at radius 2 is 2.14 bits per heavy atom. The maximum Gasteiger partial charge on any atom is 0.328 e. The van der Waals surface area contributed by atoms with E-state index in [0.717, 1.165) is 11.3 Å². The normalized spacial score (nSPS) is 12.1. The molecular weight excluding hydrogens is 274 g/mol. The van der Waals surface area contributed by atoms with Crippen molar-refractivity contribution < 1.29 is 14.7 Å². The number of nitrogens with zero attached hydrogens (tertiary/aromatic N) is 4. The van der Waals surface area contributed by atoms with Gasteiger partial charge in [0.25, 0.3) is 5.91 Å². The van der Waals surface area contributed by atoms with Crippen LogP contribution in [0.1, 0.15) is 34.7 Å². The SMILES string of the molecule is Cc1nn(C)cc1CNC(=O)c1ccn(C(C)C(=O)O)n1. The van der Waals surface area contributed by atoms with Gasteiger partial charge in [-0.2, -0.15) is 10.2 Å². The maximum absolute atomic E-state index is 12.0. The summed E-state index contributed by atoms with van der Waals surface area (Å²) in [5.74, 6) is -1.36. The molecule has 1 amide bonds.